The predicted molar refractivity (Wildman–Crippen MR) is 143 cm³/mol. The molecule has 1 saturated heterocycles. The standard InChI is InChI=1S/C28H26N6O4/c1-37-27(35)20-9-13-22(14-10-20)31-28(36)30-21-11-7-19(8-12-21)25-32-24(18-5-3-2-4-6-18)33-26(34-25)23-17-29-15-16-38-23/h2-14,23,29H,15-17H2,1H3,(H2,30,31,36). The van der Waals surface area contributed by atoms with Gasteiger partial charge in [-0.05, 0) is 48.5 Å². The van der Waals surface area contributed by atoms with Crippen LogP contribution in [0.3, 0.4) is 0 Å². The summed E-state index contributed by atoms with van der Waals surface area (Å²) in [5.41, 5.74) is 3.19. The molecule has 192 valence electrons. The number of carbonyl (C=O) groups is 2. The van der Waals surface area contributed by atoms with Gasteiger partial charge < -0.3 is 25.4 Å². The number of nitrogens with zero attached hydrogens (tertiary/aromatic N) is 3. The number of aromatic nitrogens is 3. The summed E-state index contributed by atoms with van der Waals surface area (Å²) in [4.78, 5) is 38.1. The first-order valence-electron chi connectivity index (χ1n) is 12.1. The van der Waals surface area contributed by atoms with Crippen LogP contribution < -0.4 is 16.0 Å². The lowest BCUT2D eigenvalue weighted by molar-refractivity contribution is 0.0221. The van der Waals surface area contributed by atoms with Gasteiger partial charge in [0.15, 0.2) is 17.5 Å². The number of amides is 2. The third kappa shape index (κ3) is 6.00. The molecule has 2 amide bonds. The molecular formula is C28H26N6O4. The molecular weight excluding hydrogens is 484 g/mol. The fraction of sp³-hybridized carbons (Fsp3) is 0.179. The highest BCUT2D eigenvalue weighted by molar-refractivity contribution is 6.00. The van der Waals surface area contributed by atoms with E-state index < -0.39 is 12.0 Å². The summed E-state index contributed by atoms with van der Waals surface area (Å²) in [5, 5.41) is 8.84. The number of nitrogens with one attached hydrogen (secondary N) is 3. The largest absolute Gasteiger partial charge is 0.465 e. The number of carbonyl (C=O) groups excluding carboxylic acids is 2. The van der Waals surface area contributed by atoms with E-state index >= 15 is 0 Å². The summed E-state index contributed by atoms with van der Waals surface area (Å²) in [6.45, 7) is 2.01. The third-order valence-electron chi connectivity index (χ3n) is 5.87. The minimum Gasteiger partial charge on any atom is -0.465 e. The van der Waals surface area contributed by atoms with Gasteiger partial charge in [-0.1, -0.05) is 30.3 Å². The van der Waals surface area contributed by atoms with Crippen molar-refractivity contribution in [1.29, 1.82) is 0 Å². The summed E-state index contributed by atoms with van der Waals surface area (Å²) in [5.74, 6) is 1.22. The number of hydrogen-bond donors (Lipinski definition) is 3. The van der Waals surface area contributed by atoms with Crippen LogP contribution in [0, 0.1) is 0 Å². The molecule has 10 nitrogen and oxygen atoms in total. The molecule has 0 spiro atoms. The molecule has 1 aromatic heterocycles. The van der Waals surface area contributed by atoms with Crippen LogP contribution in [0.2, 0.25) is 0 Å². The Labute approximate surface area is 219 Å². The van der Waals surface area contributed by atoms with Gasteiger partial charge in [-0.2, -0.15) is 0 Å². The van der Waals surface area contributed by atoms with Crippen LogP contribution in [0.25, 0.3) is 22.8 Å². The van der Waals surface area contributed by atoms with E-state index in [0.717, 1.165) is 17.7 Å². The van der Waals surface area contributed by atoms with Crippen LogP contribution in [-0.2, 0) is 9.47 Å². The Morgan fingerprint density at radius 1 is 0.842 bits per heavy atom. The molecule has 5 rings (SSSR count). The van der Waals surface area contributed by atoms with Crippen LogP contribution in [0.5, 0.6) is 0 Å². The van der Waals surface area contributed by atoms with Crippen LogP contribution >= 0.6 is 0 Å². The molecule has 1 unspecified atom stereocenters. The lowest BCUT2D eigenvalue weighted by Crippen LogP contribution is -2.34. The molecule has 0 bridgehead atoms. The van der Waals surface area contributed by atoms with Crippen LogP contribution in [0.15, 0.2) is 78.9 Å². The number of morpholine rings is 1. The molecule has 10 heteroatoms. The Morgan fingerprint density at radius 3 is 2.03 bits per heavy atom. The summed E-state index contributed by atoms with van der Waals surface area (Å²) >= 11 is 0. The SMILES string of the molecule is COC(=O)c1ccc(NC(=O)Nc2ccc(-c3nc(-c4ccccc4)nc(C4CNCCO4)n3)cc2)cc1. The highest BCUT2D eigenvalue weighted by atomic mass is 16.5. The van der Waals surface area contributed by atoms with E-state index in [-0.39, 0.29) is 6.10 Å². The monoisotopic (exact) mass is 510 g/mol. The van der Waals surface area contributed by atoms with Crippen LogP contribution in [-0.4, -0.2) is 53.8 Å². The van der Waals surface area contributed by atoms with Crippen molar-refractivity contribution in [2.24, 2.45) is 0 Å². The second-order valence-electron chi connectivity index (χ2n) is 8.50. The van der Waals surface area contributed by atoms with E-state index in [1.165, 1.54) is 7.11 Å². The van der Waals surface area contributed by atoms with Gasteiger partial charge in [0, 0.05) is 35.6 Å². The third-order valence-corrected chi connectivity index (χ3v) is 5.87. The van der Waals surface area contributed by atoms with Crippen molar-refractivity contribution in [1.82, 2.24) is 20.3 Å². The van der Waals surface area contributed by atoms with Crippen molar-refractivity contribution in [3.63, 3.8) is 0 Å². The number of rotatable bonds is 6. The molecule has 2 heterocycles. The molecule has 1 aliphatic heterocycles. The van der Waals surface area contributed by atoms with Gasteiger partial charge in [0.05, 0.1) is 19.3 Å². The van der Waals surface area contributed by atoms with E-state index in [4.69, 9.17) is 19.7 Å². The molecule has 38 heavy (non-hydrogen) atoms. The van der Waals surface area contributed by atoms with E-state index in [1.54, 1.807) is 36.4 Å². The number of hydrogen-bond acceptors (Lipinski definition) is 8. The maximum Gasteiger partial charge on any atom is 0.337 e. The smallest absolute Gasteiger partial charge is 0.337 e. The first-order valence-corrected chi connectivity index (χ1v) is 12.1. The van der Waals surface area contributed by atoms with Gasteiger partial charge in [0.2, 0.25) is 0 Å². The van der Waals surface area contributed by atoms with Crippen molar-refractivity contribution in [3.8, 4) is 22.8 Å². The maximum absolute atomic E-state index is 12.5. The Bertz CT molecular complexity index is 1410. The van der Waals surface area contributed by atoms with Gasteiger partial charge in [0.1, 0.15) is 6.10 Å². The molecule has 0 aliphatic carbocycles. The number of urea groups is 1. The Balaban J connectivity index is 1.32. The molecule has 3 aromatic carbocycles. The highest BCUT2D eigenvalue weighted by Gasteiger charge is 2.21. The van der Waals surface area contributed by atoms with E-state index in [1.807, 2.05) is 42.5 Å². The summed E-state index contributed by atoms with van der Waals surface area (Å²) in [7, 11) is 1.32. The van der Waals surface area contributed by atoms with E-state index in [9.17, 15) is 9.59 Å². The van der Waals surface area contributed by atoms with Crippen molar-refractivity contribution in [2.75, 3.05) is 37.4 Å². The van der Waals surface area contributed by atoms with Crippen molar-refractivity contribution < 1.29 is 19.1 Å². The lowest BCUT2D eigenvalue weighted by Gasteiger charge is -2.23. The lowest BCUT2D eigenvalue weighted by atomic mass is 10.1. The highest BCUT2D eigenvalue weighted by Crippen LogP contribution is 2.25. The molecule has 0 saturated carbocycles. The van der Waals surface area contributed by atoms with Crippen LogP contribution in [0.4, 0.5) is 16.2 Å². The average Bonchev–Trinajstić information content (AvgIpc) is 2.98. The summed E-state index contributed by atoms with van der Waals surface area (Å²) in [6, 6.07) is 23.0. The zero-order valence-corrected chi connectivity index (χ0v) is 20.7. The van der Waals surface area contributed by atoms with E-state index in [2.05, 4.69) is 20.7 Å². The van der Waals surface area contributed by atoms with E-state index in [0.29, 0.717) is 47.6 Å². The Kier molecular flexibility index (Phi) is 7.62. The molecule has 0 radical (unpaired) electrons. The number of anilines is 2. The van der Waals surface area contributed by atoms with Gasteiger partial charge in [-0.25, -0.2) is 24.5 Å². The molecule has 3 N–H and O–H groups in total. The number of ether oxygens (including phenoxy) is 2. The van der Waals surface area contributed by atoms with Gasteiger partial charge in [-0.15, -0.1) is 0 Å². The summed E-state index contributed by atoms with van der Waals surface area (Å²) in [6.07, 6.45) is -0.265. The molecule has 1 atom stereocenters. The first kappa shape index (κ1) is 25.0. The van der Waals surface area contributed by atoms with Crippen molar-refractivity contribution in [3.05, 3.63) is 90.3 Å². The minimum absolute atomic E-state index is 0.265. The quantitative estimate of drug-likeness (QED) is 0.328. The fourth-order valence-electron chi connectivity index (χ4n) is 3.92. The molecule has 4 aromatic rings. The Morgan fingerprint density at radius 2 is 1.45 bits per heavy atom. The predicted octanol–water partition coefficient (Wildman–Crippen LogP) is 4.30. The van der Waals surface area contributed by atoms with Gasteiger partial charge in [-0.3, -0.25) is 0 Å². The number of esters is 1. The number of methoxy groups -OCH3 is 1. The van der Waals surface area contributed by atoms with Crippen LogP contribution in [0.1, 0.15) is 22.3 Å². The Hall–Kier alpha value is -4.67. The van der Waals surface area contributed by atoms with Crippen molar-refractivity contribution in [2.45, 2.75) is 6.10 Å². The normalized spacial score (nSPS) is 14.9. The zero-order valence-electron chi connectivity index (χ0n) is 20.7. The minimum atomic E-state index is -0.440. The molecule has 1 aliphatic rings. The molecule has 1 fully saturated rings. The average molecular weight is 511 g/mol. The fourth-order valence-corrected chi connectivity index (χ4v) is 3.92. The zero-order chi connectivity index (χ0) is 26.3. The van der Waals surface area contributed by atoms with Gasteiger partial charge >= 0.3 is 12.0 Å². The topological polar surface area (TPSA) is 127 Å². The number of benzene rings is 3. The first-order chi connectivity index (χ1) is 18.6. The van der Waals surface area contributed by atoms with Gasteiger partial charge in [0.25, 0.3) is 0 Å². The second-order valence-corrected chi connectivity index (χ2v) is 8.50. The van der Waals surface area contributed by atoms with Crippen molar-refractivity contribution >= 4 is 23.4 Å². The summed E-state index contributed by atoms with van der Waals surface area (Å²) < 4.78 is 10.6. The second kappa shape index (κ2) is 11.6. The maximum atomic E-state index is 12.5.